The number of nitrogens with zero attached hydrogens (tertiary/aromatic N) is 4. The smallest absolute Gasteiger partial charge is 0.265 e. The summed E-state index contributed by atoms with van der Waals surface area (Å²) < 4.78 is 0. The lowest BCUT2D eigenvalue weighted by atomic mass is 9.94. The SMILES string of the molecule is CC1C=CC(CC(=O)Nc2nnc(CCCCc3nnc(NC(=O)C(O)(CO)c4ccccc4)s3)s2)=CC1. The van der Waals surface area contributed by atoms with Gasteiger partial charge in [0.25, 0.3) is 5.91 Å². The number of amides is 2. The van der Waals surface area contributed by atoms with E-state index >= 15 is 0 Å². The normalized spacial score (nSPS) is 16.5. The molecule has 2 atom stereocenters. The molecule has 0 bridgehead atoms. The molecule has 12 heteroatoms. The quantitative estimate of drug-likeness (QED) is 0.248. The van der Waals surface area contributed by atoms with Gasteiger partial charge in [-0.05, 0) is 36.3 Å². The van der Waals surface area contributed by atoms with Gasteiger partial charge in [-0.15, -0.1) is 20.4 Å². The number of aryl methyl sites for hydroxylation is 2. The fourth-order valence-corrected chi connectivity index (χ4v) is 5.40. The molecule has 0 aliphatic heterocycles. The van der Waals surface area contributed by atoms with Crippen molar-refractivity contribution in [1.29, 1.82) is 0 Å². The molecule has 4 rings (SSSR count). The van der Waals surface area contributed by atoms with E-state index < -0.39 is 18.1 Å². The fraction of sp³-hybridized carbons (Fsp3) is 0.385. The van der Waals surface area contributed by atoms with Crippen LogP contribution in [0, 0.1) is 5.92 Å². The molecule has 0 spiro atoms. The standard InChI is InChI=1S/C26H30N6O4S2/c1-17-11-13-18(14-12-17)15-20(34)27-24-31-29-21(37-24)9-5-6-10-22-30-32-25(38-22)28-23(35)26(36,16-33)19-7-3-2-4-8-19/h2-4,7-8,11,13-14,17,33,36H,5-6,9-10,12,15-16H2,1H3,(H,27,31,34)(H,28,32,35). The minimum absolute atomic E-state index is 0.0986. The van der Waals surface area contributed by atoms with Crippen molar-refractivity contribution in [2.24, 2.45) is 5.92 Å². The van der Waals surface area contributed by atoms with Crippen LogP contribution in [0.3, 0.4) is 0 Å². The average molecular weight is 555 g/mol. The van der Waals surface area contributed by atoms with Crippen LogP contribution in [0.15, 0.2) is 54.1 Å². The first-order chi connectivity index (χ1) is 18.4. The van der Waals surface area contributed by atoms with Crippen LogP contribution in [0.2, 0.25) is 0 Å². The van der Waals surface area contributed by atoms with Gasteiger partial charge >= 0.3 is 0 Å². The Hall–Kier alpha value is -3.32. The number of carbonyl (C=O) groups excluding carboxylic acids is 2. The summed E-state index contributed by atoms with van der Waals surface area (Å²) in [6, 6.07) is 8.26. The van der Waals surface area contributed by atoms with Gasteiger partial charge in [-0.1, -0.05) is 78.2 Å². The second-order valence-electron chi connectivity index (χ2n) is 9.12. The molecule has 0 saturated heterocycles. The molecule has 0 saturated carbocycles. The highest BCUT2D eigenvalue weighted by Gasteiger charge is 2.38. The fourth-order valence-electron chi connectivity index (χ4n) is 3.82. The Morgan fingerprint density at radius 2 is 1.63 bits per heavy atom. The molecule has 4 N–H and O–H groups in total. The molecule has 1 aliphatic rings. The zero-order chi connectivity index (χ0) is 27.0. The maximum atomic E-state index is 12.6. The minimum atomic E-state index is -2.07. The summed E-state index contributed by atoms with van der Waals surface area (Å²) in [6.07, 6.45) is 10.6. The molecule has 200 valence electrons. The van der Waals surface area contributed by atoms with Crippen LogP contribution < -0.4 is 10.6 Å². The number of carbonyl (C=O) groups is 2. The van der Waals surface area contributed by atoms with Crippen molar-refractivity contribution in [2.75, 3.05) is 17.2 Å². The number of unbranched alkanes of at least 4 members (excludes halogenated alkanes) is 1. The first kappa shape index (κ1) is 27.7. The number of nitrogens with one attached hydrogen (secondary N) is 2. The van der Waals surface area contributed by atoms with Crippen LogP contribution in [-0.4, -0.2) is 49.0 Å². The Labute approximate surface area is 228 Å². The van der Waals surface area contributed by atoms with Crippen LogP contribution in [0.5, 0.6) is 0 Å². The lowest BCUT2D eigenvalue weighted by Crippen LogP contribution is -2.43. The highest BCUT2D eigenvalue weighted by atomic mass is 32.1. The van der Waals surface area contributed by atoms with Gasteiger partial charge in [0.2, 0.25) is 16.2 Å². The number of aliphatic hydroxyl groups is 2. The number of aromatic nitrogens is 4. The molecule has 0 fully saturated rings. The molecule has 2 heterocycles. The monoisotopic (exact) mass is 554 g/mol. The van der Waals surface area contributed by atoms with E-state index in [1.54, 1.807) is 30.3 Å². The minimum Gasteiger partial charge on any atom is -0.392 e. The molecule has 10 nitrogen and oxygen atoms in total. The van der Waals surface area contributed by atoms with Crippen molar-refractivity contribution in [3.05, 3.63) is 69.7 Å². The van der Waals surface area contributed by atoms with Crippen molar-refractivity contribution in [1.82, 2.24) is 20.4 Å². The molecule has 38 heavy (non-hydrogen) atoms. The van der Waals surface area contributed by atoms with Crippen molar-refractivity contribution in [2.45, 2.75) is 51.0 Å². The van der Waals surface area contributed by atoms with E-state index in [4.69, 9.17) is 0 Å². The van der Waals surface area contributed by atoms with Gasteiger partial charge in [-0.25, -0.2) is 0 Å². The zero-order valence-electron chi connectivity index (χ0n) is 21.0. The molecule has 2 aromatic heterocycles. The number of aliphatic hydroxyl groups excluding tert-OH is 1. The van der Waals surface area contributed by atoms with Gasteiger partial charge in [-0.3, -0.25) is 14.9 Å². The number of hydrogen-bond donors (Lipinski definition) is 4. The molecule has 1 aromatic carbocycles. The van der Waals surface area contributed by atoms with Crippen molar-refractivity contribution in [3.8, 4) is 0 Å². The average Bonchev–Trinajstić information content (AvgIpc) is 3.57. The second-order valence-corrected chi connectivity index (χ2v) is 11.2. The Balaban J connectivity index is 1.19. The Kier molecular flexibility index (Phi) is 9.45. The summed E-state index contributed by atoms with van der Waals surface area (Å²) in [7, 11) is 0. The maximum absolute atomic E-state index is 12.6. The number of rotatable bonds is 12. The predicted octanol–water partition coefficient (Wildman–Crippen LogP) is 3.62. The summed E-state index contributed by atoms with van der Waals surface area (Å²) in [5, 5.41) is 44.4. The summed E-state index contributed by atoms with van der Waals surface area (Å²) in [4.78, 5) is 24.9. The first-order valence-electron chi connectivity index (χ1n) is 12.4. The van der Waals surface area contributed by atoms with Crippen LogP contribution in [-0.2, 0) is 28.0 Å². The Bertz CT molecular complexity index is 1310. The van der Waals surface area contributed by atoms with Gasteiger partial charge in [-0.2, -0.15) is 0 Å². The van der Waals surface area contributed by atoms with Crippen molar-refractivity contribution >= 4 is 44.8 Å². The second kappa shape index (κ2) is 13.0. The summed E-state index contributed by atoms with van der Waals surface area (Å²) in [5.41, 5.74) is -0.765. The van der Waals surface area contributed by atoms with Gasteiger partial charge in [0.05, 0.1) is 13.0 Å². The predicted molar refractivity (Wildman–Crippen MR) is 147 cm³/mol. The maximum Gasteiger partial charge on any atom is 0.265 e. The largest absolute Gasteiger partial charge is 0.392 e. The van der Waals surface area contributed by atoms with Crippen molar-refractivity contribution in [3.63, 3.8) is 0 Å². The summed E-state index contributed by atoms with van der Waals surface area (Å²) >= 11 is 2.60. The summed E-state index contributed by atoms with van der Waals surface area (Å²) in [6.45, 7) is 1.38. The highest BCUT2D eigenvalue weighted by Crippen LogP contribution is 2.25. The molecule has 2 amide bonds. The number of anilines is 2. The lowest BCUT2D eigenvalue weighted by Gasteiger charge is -2.24. The molecule has 3 aromatic rings. The van der Waals surface area contributed by atoms with Gasteiger partial charge < -0.3 is 15.5 Å². The van der Waals surface area contributed by atoms with Crippen LogP contribution in [0.4, 0.5) is 10.3 Å². The van der Waals surface area contributed by atoms with Crippen molar-refractivity contribution < 1.29 is 19.8 Å². The topological polar surface area (TPSA) is 150 Å². The Morgan fingerprint density at radius 3 is 2.21 bits per heavy atom. The Morgan fingerprint density at radius 1 is 1.00 bits per heavy atom. The third-order valence-electron chi connectivity index (χ3n) is 6.04. The number of benzene rings is 1. The highest BCUT2D eigenvalue weighted by molar-refractivity contribution is 7.15. The van der Waals surface area contributed by atoms with Gasteiger partial charge in [0.1, 0.15) is 10.0 Å². The molecule has 1 aliphatic carbocycles. The van der Waals surface area contributed by atoms with E-state index in [2.05, 4.69) is 50.1 Å². The zero-order valence-corrected chi connectivity index (χ0v) is 22.6. The molecular weight excluding hydrogens is 524 g/mol. The lowest BCUT2D eigenvalue weighted by molar-refractivity contribution is -0.139. The third kappa shape index (κ3) is 7.38. The first-order valence-corrected chi connectivity index (χ1v) is 14.0. The van der Waals surface area contributed by atoms with E-state index in [-0.39, 0.29) is 16.6 Å². The molecule has 2 unspecified atom stereocenters. The van der Waals surface area contributed by atoms with E-state index in [1.165, 1.54) is 22.7 Å². The number of hydrogen-bond acceptors (Lipinski definition) is 10. The molecular formula is C26H30N6O4S2. The summed E-state index contributed by atoms with van der Waals surface area (Å²) in [5.74, 6) is -0.353. The van der Waals surface area contributed by atoms with E-state index in [0.717, 1.165) is 41.3 Å². The van der Waals surface area contributed by atoms with E-state index in [1.807, 2.05) is 6.08 Å². The van der Waals surface area contributed by atoms with Gasteiger partial charge in [0.15, 0.2) is 5.60 Å². The van der Waals surface area contributed by atoms with Crippen LogP contribution in [0.1, 0.15) is 48.2 Å². The number of allylic oxidation sites excluding steroid dienone is 3. The van der Waals surface area contributed by atoms with Gasteiger partial charge in [0, 0.05) is 12.8 Å². The van der Waals surface area contributed by atoms with E-state index in [9.17, 15) is 19.8 Å². The third-order valence-corrected chi connectivity index (χ3v) is 7.84. The van der Waals surface area contributed by atoms with Crippen LogP contribution >= 0.6 is 22.7 Å². The molecule has 0 radical (unpaired) electrons. The van der Waals surface area contributed by atoms with Crippen LogP contribution in [0.25, 0.3) is 0 Å². The van der Waals surface area contributed by atoms with E-state index in [0.29, 0.717) is 23.9 Å².